The van der Waals surface area contributed by atoms with Gasteiger partial charge in [-0.2, -0.15) is 0 Å². The number of fused-ring (bicyclic) bond motifs is 1. The fourth-order valence-corrected chi connectivity index (χ4v) is 2.72. The number of nitrogens with zero attached hydrogens (tertiary/aromatic N) is 2. The van der Waals surface area contributed by atoms with Crippen LogP contribution < -0.4 is 5.32 Å². The van der Waals surface area contributed by atoms with Crippen LogP contribution in [0.4, 0.5) is 11.4 Å². The molecule has 0 aliphatic carbocycles. The minimum atomic E-state index is -0.790. The number of imide groups is 1. The summed E-state index contributed by atoms with van der Waals surface area (Å²) in [4.78, 5) is 59.4. The average molecular weight is 383 g/mol. The summed E-state index contributed by atoms with van der Waals surface area (Å²) < 4.78 is 4.60. The summed E-state index contributed by atoms with van der Waals surface area (Å²) in [5.74, 6) is -2.76. The number of benzene rings is 2. The van der Waals surface area contributed by atoms with Crippen LogP contribution in [0.3, 0.4) is 0 Å². The van der Waals surface area contributed by atoms with E-state index in [-0.39, 0.29) is 28.1 Å². The first-order valence-electron chi connectivity index (χ1n) is 7.94. The number of hydrogen-bond acceptors (Lipinski definition) is 7. The van der Waals surface area contributed by atoms with E-state index >= 15 is 0 Å². The predicted molar refractivity (Wildman–Crippen MR) is 94.9 cm³/mol. The fraction of sp³-hybridized carbons (Fsp3) is 0.111. The Morgan fingerprint density at radius 2 is 1.82 bits per heavy atom. The van der Waals surface area contributed by atoms with Gasteiger partial charge in [0.15, 0.2) is 0 Å². The van der Waals surface area contributed by atoms with Crippen LogP contribution in [0.1, 0.15) is 31.1 Å². The van der Waals surface area contributed by atoms with E-state index in [1.54, 1.807) is 0 Å². The lowest BCUT2D eigenvalue weighted by Crippen LogP contribution is -2.37. The van der Waals surface area contributed by atoms with Crippen molar-refractivity contribution in [2.75, 3.05) is 19.0 Å². The molecule has 2 aromatic rings. The van der Waals surface area contributed by atoms with Crippen LogP contribution in [-0.4, -0.2) is 47.2 Å². The van der Waals surface area contributed by atoms with E-state index in [0.29, 0.717) is 4.90 Å². The number of non-ortho nitro benzene ring substituents is 1. The SMILES string of the molecule is COC(=O)c1cccc(NC(=O)CN2C(=O)c3ccc([N+](=O)[O-])cc3C2=O)c1. The zero-order valence-electron chi connectivity index (χ0n) is 14.5. The Bertz CT molecular complexity index is 1030. The molecule has 2 aromatic carbocycles. The Labute approximate surface area is 157 Å². The van der Waals surface area contributed by atoms with Gasteiger partial charge in [0.2, 0.25) is 5.91 Å². The van der Waals surface area contributed by atoms with Gasteiger partial charge in [0.05, 0.1) is 28.7 Å². The van der Waals surface area contributed by atoms with Crippen LogP contribution >= 0.6 is 0 Å². The van der Waals surface area contributed by atoms with Gasteiger partial charge in [-0.1, -0.05) is 6.07 Å². The maximum Gasteiger partial charge on any atom is 0.337 e. The summed E-state index contributed by atoms with van der Waals surface area (Å²) in [5.41, 5.74) is 0.0371. The van der Waals surface area contributed by atoms with Crippen molar-refractivity contribution in [3.05, 3.63) is 69.3 Å². The molecule has 0 radical (unpaired) electrons. The number of amides is 3. The van der Waals surface area contributed by atoms with Crippen LogP contribution in [0, 0.1) is 10.1 Å². The molecule has 1 heterocycles. The highest BCUT2D eigenvalue weighted by Crippen LogP contribution is 2.26. The van der Waals surface area contributed by atoms with Gasteiger partial charge in [-0.05, 0) is 24.3 Å². The number of nitro groups is 1. The van der Waals surface area contributed by atoms with E-state index in [0.717, 1.165) is 12.1 Å². The molecule has 1 N–H and O–H groups in total. The molecule has 3 rings (SSSR count). The summed E-state index contributed by atoms with van der Waals surface area (Å²) in [5, 5.41) is 13.3. The third kappa shape index (κ3) is 3.43. The van der Waals surface area contributed by atoms with Crippen molar-refractivity contribution in [1.29, 1.82) is 0 Å². The van der Waals surface area contributed by atoms with Crippen molar-refractivity contribution >= 4 is 35.1 Å². The third-order valence-corrected chi connectivity index (χ3v) is 4.03. The lowest BCUT2D eigenvalue weighted by atomic mass is 10.1. The molecule has 10 nitrogen and oxygen atoms in total. The molecule has 0 aromatic heterocycles. The van der Waals surface area contributed by atoms with Crippen LogP contribution in [0.25, 0.3) is 0 Å². The van der Waals surface area contributed by atoms with Gasteiger partial charge in [0.25, 0.3) is 17.5 Å². The molecule has 0 saturated carbocycles. The van der Waals surface area contributed by atoms with Crippen molar-refractivity contribution in [3.63, 3.8) is 0 Å². The number of carbonyl (C=O) groups excluding carboxylic acids is 4. The molecule has 1 aliphatic heterocycles. The van der Waals surface area contributed by atoms with Gasteiger partial charge >= 0.3 is 5.97 Å². The molecular formula is C18H13N3O7. The topological polar surface area (TPSA) is 136 Å². The molecule has 3 amide bonds. The van der Waals surface area contributed by atoms with Crippen molar-refractivity contribution in [3.8, 4) is 0 Å². The predicted octanol–water partition coefficient (Wildman–Crippen LogP) is 1.62. The largest absolute Gasteiger partial charge is 0.465 e. The Kier molecular flexibility index (Phi) is 4.86. The molecular weight excluding hydrogens is 370 g/mol. The van der Waals surface area contributed by atoms with E-state index in [2.05, 4.69) is 10.1 Å². The number of nitro benzene ring substituents is 1. The first-order valence-corrected chi connectivity index (χ1v) is 7.94. The number of carbonyl (C=O) groups is 4. The average Bonchev–Trinajstić information content (AvgIpc) is 2.91. The normalized spacial score (nSPS) is 12.5. The second-order valence-electron chi connectivity index (χ2n) is 5.80. The smallest absolute Gasteiger partial charge is 0.337 e. The maximum absolute atomic E-state index is 12.4. The van der Waals surface area contributed by atoms with E-state index < -0.39 is 35.2 Å². The molecule has 0 atom stereocenters. The van der Waals surface area contributed by atoms with Crippen LogP contribution in [-0.2, 0) is 9.53 Å². The number of esters is 1. The zero-order chi connectivity index (χ0) is 20.4. The Hall–Kier alpha value is -4.08. The third-order valence-electron chi connectivity index (χ3n) is 4.03. The Morgan fingerprint density at radius 1 is 1.11 bits per heavy atom. The van der Waals surface area contributed by atoms with Crippen molar-refractivity contribution in [2.45, 2.75) is 0 Å². The molecule has 10 heteroatoms. The number of rotatable bonds is 5. The standard InChI is InChI=1S/C18H13N3O7/c1-28-18(25)10-3-2-4-11(7-10)19-15(22)9-20-16(23)13-6-5-12(21(26)27)8-14(13)17(20)24/h2-8H,9H2,1H3,(H,19,22). The summed E-state index contributed by atoms with van der Waals surface area (Å²) >= 11 is 0. The molecule has 0 saturated heterocycles. The number of anilines is 1. The fourth-order valence-electron chi connectivity index (χ4n) is 2.72. The van der Waals surface area contributed by atoms with E-state index in [1.807, 2.05) is 0 Å². The molecule has 142 valence electrons. The first-order chi connectivity index (χ1) is 13.3. The monoisotopic (exact) mass is 383 g/mol. The van der Waals surface area contributed by atoms with E-state index in [4.69, 9.17) is 0 Å². The second kappa shape index (κ2) is 7.27. The highest BCUT2D eigenvalue weighted by atomic mass is 16.6. The second-order valence-corrected chi connectivity index (χ2v) is 5.80. The van der Waals surface area contributed by atoms with Gasteiger partial charge in [-0.15, -0.1) is 0 Å². The maximum atomic E-state index is 12.4. The van der Waals surface area contributed by atoms with E-state index in [1.165, 1.54) is 37.4 Å². The van der Waals surface area contributed by atoms with Gasteiger partial charge in [-0.25, -0.2) is 4.79 Å². The Balaban J connectivity index is 1.74. The molecule has 0 bridgehead atoms. The molecule has 0 unspecified atom stereocenters. The highest BCUT2D eigenvalue weighted by Gasteiger charge is 2.37. The summed E-state index contributed by atoms with van der Waals surface area (Å²) in [6.45, 7) is -0.581. The van der Waals surface area contributed by atoms with E-state index in [9.17, 15) is 29.3 Å². The van der Waals surface area contributed by atoms with Gasteiger partial charge in [0, 0.05) is 17.8 Å². The van der Waals surface area contributed by atoms with Crippen LogP contribution in [0.5, 0.6) is 0 Å². The van der Waals surface area contributed by atoms with Gasteiger partial charge < -0.3 is 10.1 Å². The van der Waals surface area contributed by atoms with Gasteiger partial charge in [0.1, 0.15) is 6.54 Å². The lowest BCUT2D eigenvalue weighted by Gasteiger charge is -2.13. The summed E-state index contributed by atoms with van der Waals surface area (Å²) in [7, 11) is 1.22. The molecule has 1 aliphatic rings. The van der Waals surface area contributed by atoms with Gasteiger partial charge in [-0.3, -0.25) is 29.4 Å². The summed E-state index contributed by atoms with van der Waals surface area (Å²) in [6.07, 6.45) is 0. The number of hydrogen-bond donors (Lipinski definition) is 1. The van der Waals surface area contributed by atoms with Crippen LogP contribution in [0.15, 0.2) is 42.5 Å². The number of nitrogens with one attached hydrogen (secondary N) is 1. The Morgan fingerprint density at radius 3 is 2.50 bits per heavy atom. The highest BCUT2D eigenvalue weighted by molar-refractivity contribution is 6.23. The molecule has 28 heavy (non-hydrogen) atoms. The van der Waals surface area contributed by atoms with Crippen molar-refractivity contribution < 1.29 is 28.8 Å². The minimum Gasteiger partial charge on any atom is -0.465 e. The summed E-state index contributed by atoms with van der Waals surface area (Å²) in [6, 6.07) is 9.25. The number of ether oxygens (including phenoxy) is 1. The number of methoxy groups -OCH3 is 1. The minimum absolute atomic E-state index is 0.00362. The molecule has 0 spiro atoms. The lowest BCUT2D eigenvalue weighted by molar-refractivity contribution is -0.384. The first kappa shape index (κ1) is 18.7. The van der Waals surface area contributed by atoms with Crippen molar-refractivity contribution in [1.82, 2.24) is 4.90 Å². The zero-order valence-corrected chi connectivity index (χ0v) is 14.5. The van der Waals surface area contributed by atoms with Crippen molar-refractivity contribution in [2.24, 2.45) is 0 Å². The molecule has 0 fully saturated rings. The quantitative estimate of drug-likeness (QED) is 0.358. The van der Waals surface area contributed by atoms with Crippen LogP contribution in [0.2, 0.25) is 0 Å².